The van der Waals surface area contributed by atoms with E-state index in [0.717, 1.165) is 11.6 Å². The van der Waals surface area contributed by atoms with Gasteiger partial charge in [-0.2, -0.15) is 13.2 Å². The molecule has 2 aromatic rings. The van der Waals surface area contributed by atoms with Crippen LogP contribution in [0.5, 0.6) is 0 Å². The first-order chi connectivity index (χ1) is 9.38. The van der Waals surface area contributed by atoms with Crippen molar-refractivity contribution in [1.29, 1.82) is 0 Å². The molecule has 0 heterocycles. The molecule has 1 N–H and O–H groups in total. The fourth-order valence-corrected chi connectivity index (χ4v) is 1.92. The summed E-state index contributed by atoms with van der Waals surface area (Å²) < 4.78 is 37.8. The van der Waals surface area contributed by atoms with E-state index in [0.29, 0.717) is 11.6 Å². The summed E-state index contributed by atoms with van der Waals surface area (Å²) in [6.45, 7) is 0. The van der Waals surface area contributed by atoms with E-state index in [4.69, 9.17) is 5.11 Å². The Morgan fingerprint density at radius 1 is 1.05 bits per heavy atom. The highest BCUT2D eigenvalue weighted by atomic mass is 19.4. The lowest BCUT2D eigenvalue weighted by molar-refractivity contribution is -0.137. The standard InChI is InChI=1S/C15H11F3O2/c16-15(17,18)12-7-6-11(13(9-12)14(19)20)8-10-4-2-1-3-5-10/h1-7,9H,8H2,(H,19,20). The molecule has 0 amide bonds. The second kappa shape index (κ2) is 5.36. The maximum absolute atomic E-state index is 12.6. The van der Waals surface area contributed by atoms with Crippen molar-refractivity contribution in [2.75, 3.05) is 0 Å². The van der Waals surface area contributed by atoms with Crippen LogP contribution in [0, 0.1) is 0 Å². The fraction of sp³-hybridized carbons (Fsp3) is 0.133. The van der Waals surface area contributed by atoms with E-state index in [1.54, 1.807) is 24.3 Å². The van der Waals surface area contributed by atoms with Gasteiger partial charge in [-0.05, 0) is 29.7 Å². The number of rotatable bonds is 3. The molecule has 2 aromatic carbocycles. The lowest BCUT2D eigenvalue weighted by Crippen LogP contribution is -2.10. The van der Waals surface area contributed by atoms with Gasteiger partial charge in [0.15, 0.2) is 0 Å². The monoisotopic (exact) mass is 280 g/mol. The molecule has 0 radical (unpaired) electrons. The largest absolute Gasteiger partial charge is 0.478 e. The second-order valence-corrected chi connectivity index (χ2v) is 4.34. The van der Waals surface area contributed by atoms with E-state index >= 15 is 0 Å². The van der Waals surface area contributed by atoms with Gasteiger partial charge >= 0.3 is 12.1 Å². The third-order valence-corrected chi connectivity index (χ3v) is 2.91. The summed E-state index contributed by atoms with van der Waals surface area (Å²) in [6.07, 6.45) is -4.27. The molecule has 2 rings (SSSR count). The molecule has 0 aromatic heterocycles. The topological polar surface area (TPSA) is 37.3 Å². The number of benzene rings is 2. The number of hydrogen-bond acceptors (Lipinski definition) is 1. The van der Waals surface area contributed by atoms with E-state index in [2.05, 4.69) is 0 Å². The van der Waals surface area contributed by atoms with Gasteiger partial charge in [-0.1, -0.05) is 36.4 Å². The molecule has 104 valence electrons. The Balaban J connectivity index is 2.41. The molecule has 0 saturated carbocycles. The normalized spacial score (nSPS) is 11.3. The van der Waals surface area contributed by atoms with Crippen LogP contribution >= 0.6 is 0 Å². The van der Waals surface area contributed by atoms with Crippen LogP contribution in [0.3, 0.4) is 0 Å². The summed E-state index contributed by atoms with van der Waals surface area (Å²) in [5.41, 5.74) is -0.0677. The molecule has 0 bridgehead atoms. The highest BCUT2D eigenvalue weighted by Crippen LogP contribution is 2.31. The van der Waals surface area contributed by atoms with Gasteiger partial charge in [-0.25, -0.2) is 4.79 Å². The minimum absolute atomic E-state index is 0.278. The SMILES string of the molecule is O=C(O)c1cc(C(F)(F)F)ccc1Cc1ccccc1. The van der Waals surface area contributed by atoms with Crippen LogP contribution in [0.4, 0.5) is 13.2 Å². The molecule has 0 spiro atoms. The number of carboxylic acid groups (broad SMARTS) is 1. The van der Waals surface area contributed by atoms with Crippen LogP contribution in [-0.4, -0.2) is 11.1 Å². The first-order valence-corrected chi connectivity index (χ1v) is 5.85. The van der Waals surface area contributed by atoms with Crippen LogP contribution in [0.2, 0.25) is 0 Å². The molecule has 20 heavy (non-hydrogen) atoms. The molecule has 0 saturated heterocycles. The molecule has 0 aliphatic rings. The van der Waals surface area contributed by atoms with Gasteiger partial charge < -0.3 is 5.11 Å². The number of carbonyl (C=O) groups is 1. The van der Waals surface area contributed by atoms with Crippen LogP contribution in [0.15, 0.2) is 48.5 Å². The van der Waals surface area contributed by atoms with Crippen molar-refractivity contribution >= 4 is 5.97 Å². The van der Waals surface area contributed by atoms with Crippen LogP contribution < -0.4 is 0 Å². The Kier molecular flexibility index (Phi) is 3.79. The quantitative estimate of drug-likeness (QED) is 0.922. The van der Waals surface area contributed by atoms with Crippen molar-refractivity contribution < 1.29 is 23.1 Å². The van der Waals surface area contributed by atoms with Crippen molar-refractivity contribution in [3.05, 3.63) is 70.8 Å². The first-order valence-electron chi connectivity index (χ1n) is 5.85. The van der Waals surface area contributed by atoms with Crippen LogP contribution in [0.1, 0.15) is 27.0 Å². The first kappa shape index (κ1) is 14.1. The van der Waals surface area contributed by atoms with Crippen molar-refractivity contribution in [2.45, 2.75) is 12.6 Å². The summed E-state index contributed by atoms with van der Waals surface area (Å²) in [6, 6.07) is 11.8. The Hall–Kier alpha value is -2.30. The molecule has 0 aliphatic heterocycles. The average molecular weight is 280 g/mol. The molecule has 0 fully saturated rings. The molecular formula is C15H11F3O2. The fourth-order valence-electron chi connectivity index (χ4n) is 1.92. The number of carboxylic acids is 1. The second-order valence-electron chi connectivity index (χ2n) is 4.34. The van der Waals surface area contributed by atoms with Crippen molar-refractivity contribution in [3.8, 4) is 0 Å². The summed E-state index contributed by atoms with van der Waals surface area (Å²) in [4.78, 5) is 11.1. The van der Waals surface area contributed by atoms with Gasteiger partial charge in [0, 0.05) is 0 Å². The lowest BCUT2D eigenvalue weighted by atomic mass is 9.97. The van der Waals surface area contributed by atoms with E-state index in [9.17, 15) is 18.0 Å². The third kappa shape index (κ3) is 3.17. The molecule has 0 atom stereocenters. The average Bonchev–Trinajstić information content (AvgIpc) is 2.38. The smallest absolute Gasteiger partial charge is 0.416 e. The number of alkyl halides is 3. The molecular weight excluding hydrogens is 269 g/mol. The zero-order valence-electron chi connectivity index (χ0n) is 10.3. The Morgan fingerprint density at radius 2 is 1.70 bits per heavy atom. The predicted octanol–water partition coefficient (Wildman–Crippen LogP) is 3.99. The van der Waals surface area contributed by atoms with E-state index in [-0.39, 0.29) is 12.0 Å². The maximum Gasteiger partial charge on any atom is 0.416 e. The summed E-state index contributed by atoms with van der Waals surface area (Å²) in [5.74, 6) is -1.36. The third-order valence-electron chi connectivity index (χ3n) is 2.91. The Morgan fingerprint density at radius 3 is 2.25 bits per heavy atom. The molecule has 5 heteroatoms. The van der Waals surface area contributed by atoms with Gasteiger partial charge in [0.1, 0.15) is 0 Å². The Bertz CT molecular complexity index is 619. The molecule has 0 unspecified atom stereocenters. The molecule has 0 aliphatic carbocycles. The van der Waals surface area contributed by atoms with E-state index in [1.807, 2.05) is 6.07 Å². The van der Waals surface area contributed by atoms with E-state index < -0.39 is 17.7 Å². The van der Waals surface area contributed by atoms with Gasteiger partial charge in [0.2, 0.25) is 0 Å². The summed E-state index contributed by atoms with van der Waals surface area (Å²) in [5, 5.41) is 9.07. The minimum atomic E-state index is -4.55. The Labute approximate surface area is 113 Å². The number of halogens is 3. The van der Waals surface area contributed by atoms with Gasteiger partial charge in [-0.15, -0.1) is 0 Å². The lowest BCUT2D eigenvalue weighted by Gasteiger charge is -2.11. The highest BCUT2D eigenvalue weighted by Gasteiger charge is 2.31. The van der Waals surface area contributed by atoms with Gasteiger partial charge in [0.25, 0.3) is 0 Å². The zero-order valence-corrected chi connectivity index (χ0v) is 10.3. The van der Waals surface area contributed by atoms with Crippen LogP contribution in [0.25, 0.3) is 0 Å². The summed E-state index contributed by atoms with van der Waals surface area (Å²) >= 11 is 0. The van der Waals surface area contributed by atoms with Gasteiger partial charge in [0.05, 0.1) is 11.1 Å². The highest BCUT2D eigenvalue weighted by molar-refractivity contribution is 5.89. The molecule has 2 nitrogen and oxygen atoms in total. The van der Waals surface area contributed by atoms with Gasteiger partial charge in [-0.3, -0.25) is 0 Å². The summed E-state index contributed by atoms with van der Waals surface area (Å²) in [7, 11) is 0. The predicted molar refractivity (Wildman–Crippen MR) is 67.7 cm³/mol. The number of hydrogen-bond donors (Lipinski definition) is 1. The van der Waals surface area contributed by atoms with E-state index in [1.165, 1.54) is 6.07 Å². The minimum Gasteiger partial charge on any atom is -0.478 e. The van der Waals surface area contributed by atoms with Crippen molar-refractivity contribution in [2.24, 2.45) is 0 Å². The van der Waals surface area contributed by atoms with Crippen molar-refractivity contribution in [3.63, 3.8) is 0 Å². The van der Waals surface area contributed by atoms with Crippen LogP contribution in [-0.2, 0) is 12.6 Å². The zero-order chi connectivity index (χ0) is 14.8. The number of aromatic carboxylic acids is 1. The van der Waals surface area contributed by atoms with Crippen molar-refractivity contribution in [1.82, 2.24) is 0 Å². The maximum atomic E-state index is 12.6.